The molecule has 1 aromatic heterocycles. The van der Waals surface area contributed by atoms with Gasteiger partial charge >= 0.3 is 0 Å². The molecule has 1 unspecified atom stereocenters. The number of nitrogens with zero attached hydrogens (tertiary/aromatic N) is 1. The molecule has 0 radical (unpaired) electrons. The summed E-state index contributed by atoms with van der Waals surface area (Å²) in [6.07, 6.45) is 2.24. The Kier molecular flexibility index (Phi) is 2.14. The van der Waals surface area contributed by atoms with Crippen LogP contribution in [0.15, 0.2) is 10.9 Å². The number of H-pyrrole nitrogens is 1. The van der Waals surface area contributed by atoms with E-state index in [9.17, 15) is 4.79 Å². The van der Waals surface area contributed by atoms with Crippen LogP contribution in [0.1, 0.15) is 30.4 Å². The highest BCUT2D eigenvalue weighted by molar-refractivity contribution is 5.08. The lowest BCUT2D eigenvalue weighted by Crippen LogP contribution is -2.19. The van der Waals surface area contributed by atoms with Crippen LogP contribution in [0.4, 0.5) is 0 Å². The van der Waals surface area contributed by atoms with Gasteiger partial charge in [-0.25, -0.2) is 4.98 Å². The van der Waals surface area contributed by atoms with Crippen LogP contribution >= 0.6 is 0 Å². The third-order valence-corrected chi connectivity index (χ3v) is 2.30. The maximum atomic E-state index is 11.1. The van der Waals surface area contributed by atoms with Crippen molar-refractivity contribution < 1.29 is 0 Å². The summed E-state index contributed by atoms with van der Waals surface area (Å²) in [5, 5.41) is 3.31. The van der Waals surface area contributed by atoms with Gasteiger partial charge in [-0.05, 0) is 26.3 Å². The highest BCUT2D eigenvalue weighted by Gasteiger charge is 2.17. The number of aromatic nitrogens is 2. The zero-order chi connectivity index (χ0) is 9.26. The summed E-state index contributed by atoms with van der Waals surface area (Å²) in [6, 6.07) is 1.86. The molecule has 1 aromatic rings. The van der Waals surface area contributed by atoms with Crippen molar-refractivity contribution in [3.05, 3.63) is 27.9 Å². The quantitative estimate of drug-likeness (QED) is 0.660. The van der Waals surface area contributed by atoms with Gasteiger partial charge in [0.15, 0.2) is 0 Å². The van der Waals surface area contributed by atoms with Gasteiger partial charge in [0.2, 0.25) is 0 Å². The van der Waals surface area contributed by atoms with Crippen LogP contribution in [0, 0.1) is 6.92 Å². The van der Waals surface area contributed by atoms with Gasteiger partial charge in [0.05, 0.1) is 5.69 Å². The van der Waals surface area contributed by atoms with Crippen molar-refractivity contribution in [2.75, 3.05) is 6.54 Å². The Balaban J connectivity index is 2.33. The van der Waals surface area contributed by atoms with Gasteiger partial charge in [0, 0.05) is 12.1 Å². The van der Waals surface area contributed by atoms with E-state index < -0.39 is 0 Å². The minimum Gasteiger partial charge on any atom is -0.311 e. The first-order valence-corrected chi connectivity index (χ1v) is 4.57. The SMILES string of the molecule is Cc1nc(C2CCCN2)cc(=O)[nH]1. The molecule has 1 saturated heterocycles. The molecule has 0 spiro atoms. The number of aromatic amines is 1. The van der Waals surface area contributed by atoms with Gasteiger partial charge in [-0.3, -0.25) is 4.79 Å². The largest absolute Gasteiger partial charge is 0.311 e. The topological polar surface area (TPSA) is 57.8 Å². The fourth-order valence-electron chi connectivity index (χ4n) is 1.72. The first kappa shape index (κ1) is 8.44. The van der Waals surface area contributed by atoms with E-state index in [2.05, 4.69) is 15.3 Å². The molecule has 0 saturated carbocycles. The lowest BCUT2D eigenvalue weighted by atomic mass is 10.1. The standard InChI is InChI=1S/C9H13N3O/c1-6-11-8(5-9(13)12-6)7-3-2-4-10-7/h5,7,10H,2-4H2,1H3,(H,11,12,13). The van der Waals surface area contributed by atoms with Gasteiger partial charge in [-0.1, -0.05) is 0 Å². The molecule has 0 bridgehead atoms. The number of hydrogen-bond acceptors (Lipinski definition) is 3. The number of hydrogen-bond donors (Lipinski definition) is 2. The Bertz CT molecular complexity index is 352. The normalized spacial score (nSPS) is 22.1. The van der Waals surface area contributed by atoms with Crippen molar-refractivity contribution in [2.24, 2.45) is 0 Å². The highest BCUT2D eigenvalue weighted by atomic mass is 16.1. The molecule has 1 aliphatic rings. The average molecular weight is 179 g/mol. The zero-order valence-electron chi connectivity index (χ0n) is 7.63. The molecular formula is C9H13N3O. The van der Waals surface area contributed by atoms with E-state index in [1.54, 1.807) is 13.0 Å². The minimum atomic E-state index is -0.0591. The molecule has 2 heterocycles. The van der Waals surface area contributed by atoms with Gasteiger partial charge < -0.3 is 10.3 Å². The molecule has 1 atom stereocenters. The Morgan fingerprint density at radius 2 is 2.46 bits per heavy atom. The monoisotopic (exact) mass is 179 g/mol. The summed E-state index contributed by atoms with van der Waals surface area (Å²) in [7, 11) is 0. The summed E-state index contributed by atoms with van der Waals surface area (Å²) in [5.41, 5.74) is 0.815. The number of rotatable bonds is 1. The molecule has 0 amide bonds. The maximum Gasteiger partial charge on any atom is 0.251 e. The predicted molar refractivity (Wildman–Crippen MR) is 49.6 cm³/mol. The minimum absolute atomic E-state index is 0.0591. The summed E-state index contributed by atoms with van der Waals surface area (Å²) < 4.78 is 0. The molecule has 4 heteroatoms. The molecule has 2 N–H and O–H groups in total. The van der Waals surface area contributed by atoms with Gasteiger partial charge in [0.1, 0.15) is 5.82 Å². The van der Waals surface area contributed by atoms with Gasteiger partial charge in [-0.2, -0.15) is 0 Å². The second-order valence-corrected chi connectivity index (χ2v) is 3.40. The fraction of sp³-hybridized carbons (Fsp3) is 0.556. The van der Waals surface area contributed by atoms with E-state index in [-0.39, 0.29) is 11.6 Å². The van der Waals surface area contributed by atoms with Crippen LogP contribution in [-0.2, 0) is 0 Å². The second kappa shape index (κ2) is 3.30. The lowest BCUT2D eigenvalue weighted by Gasteiger charge is -2.08. The average Bonchev–Trinajstić information content (AvgIpc) is 2.53. The van der Waals surface area contributed by atoms with E-state index in [4.69, 9.17) is 0 Å². The van der Waals surface area contributed by atoms with Gasteiger partial charge in [-0.15, -0.1) is 0 Å². The predicted octanol–water partition coefficient (Wildman–Crippen LogP) is 0.503. The van der Waals surface area contributed by atoms with E-state index >= 15 is 0 Å². The molecular weight excluding hydrogens is 166 g/mol. The van der Waals surface area contributed by atoms with Crippen LogP contribution in [0.3, 0.4) is 0 Å². The Morgan fingerprint density at radius 3 is 3.08 bits per heavy atom. The second-order valence-electron chi connectivity index (χ2n) is 3.40. The van der Waals surface area contributed by atoms with E-state index in [0.717, 1.165) is 25.1 Å². The first-order valence-electron chi connectivity index (χ1n) is 4.57. The highest BCUT2D eigenvalue weighted by Crippen LogP contribution is 2.19. The Hall–Kier alpha value is -1.16. The molecule has 13 heavy (non-hydrogen) atoms. The van der Waals surface area contributed by atoms with Crippen LogP contribution < -0.4 is 10.9 Å². The van der Waals surface area contributed by atoms with Crippen LogP contribution in [0.2, 0.25) is 0 Å². The summed E-state index contributed by atoms with van der Waals surface area (Å²) >= 11 is 0. The van der Waals surface area contributed by atoms with Crippen molar-refractivity contribution >= 4 is 0 Å². The third-order valence-electron chi connectivity index (χ3n) is 2.30. The Morgan fingerprint density at radius 1 is 1.62 bits per heavy atom. The smallest absolute Gasteiger partial charge is 0.251 e. The zero-order valence-corrected chi connectivity index (χ0v) is 7.63. The maximum absolute atomic E-state index is 11.1. The van der Waals surface area contributed by atoms with Crippen molar-refractivity contribution in [3.63, 3.8) is 0 Å². The lowest BCUT2D eigenvalue weighted by molar-refractivity contribution is 0.621. The van der Waals surface area contributed by atoms with E-state index in [1.807, 2.05) is 0 Å². The van der Waals surface area contributed by atoms with E-state index in [1.165, 1.54) is 0 Å². The summed E-state index contributed by atoms with van der Waals surface area (Å²) in [6.45, 7) is 2.83. The molecule has 4 nitrogen and oxygen atoms in total. The molecule has 2 rings (SSSR count). The Labute approximate surface area is 76.4 Å². The number of aryl methyl sites for hydroxylation is 1. The fourth-order valence-corrected chi connectivity index (χ4v) is 1.72. The van der Waals surface area contributed by atoms with Crippen LogP contribution in [-0.4, -0.2) is 16.5 Å². The van der Waals surface area contributed by atoms with Crippen molar-refractivity contribution in [1.29, 1.82) is 0 Å². The molecule has 70 valence electrons. The molecule has 1 fully saturated rings. The molecule has 1 aliphatic heterocycles. The van der Waals surface area contributed by atoms with Crippen molar-refractivity contribution in [3.8, 4) is 0 Å². The van der Waals surface area contributed by atoms with Crippen molar-refractivity contribution in [2.45, 2.75) is 25.8 Å². The number of nitrogens with one attached hydrogen (secondary N) is 2. The molecule has 0 aliphatic carbocycles. The van der Waals surface area contributed by atoms with Crippen LogP contribution in [0.25, 0.3) is 0 Å². The first-order chi connectivity index (χ1) is 6.25. The van der Waals surface area contributed by atoms with E-state index in [0.29, 0.717) is 5.82 Å². The van der Waals surface area contributed by atoms with Crippen molar-refractivity contribution in [1.82, 2.24) is 15.3 Å². The summed E-state index contributed by atoms with van der Waals surface area (Å²) in [5.74, 6) is 0.691. The van der Waals surface area contributed by atoms with Crippen LogP contribution in [0.5, 0.6) is 0 Å². The van der Waals surface area contributed by atoms with Gasteiger partial charge in [0.25, 0.3) is 5.56 Å². The third kappa shape index (κ3) is 1.78. The molecule has 0 aromatic carbocycles. The summed E-state index contributed by atoms with van der Waals surface area (Å²) in [4.78, 5) is 18.1.